The highest BCUT2D eigenvalue weighted by Gasteiger charge is 2.60. The standard InChI is InChI=1S/C31H38O17/c1-41-18-10-15(11-19(42-2)27(18)43-3)4-9-22(35)46-28-24(37)20(12-32)47-31(28,14-33)48-30-26(39)25(38)23(36)21(45-30)13-44-29(40)16-5-7-17(34)8-6-16/h4-11,20-21,23-26,28,30,32-34,36-39H,12-14H2,1-3H3/b9-4+/t20-,21-,23-,24-,25+,26-,28+,30-,31+/m0/s1. The number of aliphatic hydroxyl groups is 6. The van der Waals surface area contributed by atoms with Crippen LogP contribution >= 0.6 is 0 Å². The number of carbonyl (C=O) groups excluding carboxylic acids is 2. The fourth-order valence-corrected chi connectivity index (χ4v) is 5.13. The van der Waals surface area contributed by atoms with Crippen LogP contribution in [0.15, 0.2) is 42.5 Å². The van der Waals surface area contributed by atoms with Crippen LogP contribution in [0.5, 0.6) is 23.0 Å². The summed E-state index contributed by atoms with van der Waals surface area (Å²) in [4.78, 5) is 25.4. The van der Waals surface area contributed by atoms with Gasteiger partial charge in [0.2, 0.25) is 11.5 Å². The van der Waals surface area contributed by atoms with Crippen molar-refractivity contribution in [3.8, 4) is 23.0 Å². The molecule has 0 aromatic heterocycles. The van der Waals surface area contributed by atoms with Gasteiger partial charge >= 0.3 is 11.9 Å². The number of aromatic hydroxyl groups is 1. The van der Waals surface area contributed by atoms with Crippen LogP contribution in [0.4, 0.5) is 0 Å². The van der Waals surface area contributed by atoms with Gasteiger partial charge in [0.15, 0.2) is 23.9 Å². The number of phenolic OH excluding ortho intramolecular Hbond substituents is 1. The summed E-state index contributed by atoms with van der Waals surface area (Å²) in [5, 5.41) is 72.2. The molecule has 0 unspecified atom stereocenters. The van der Waals surface area contributed by atoms with Crippen molar-refractivity contribution >= 4 is 18.0 Å². The number of carbonyl (C=O) groups is 2. The monoisotopic (exact) mass is 682 g/mol. The quantitative estimate of drug-likeness (QED) is 0.0934. The molecule has 7 N–H and O–H groups in total. The normalized spacial score (nSPS) is 30.2. The lowest BCUT2D eigenvalue weighted by Crippen LogP contribution is -2.63. The van der Waals surface area contributed by atoms with Gasteiger partial charge in [0.1, 0.15) is 55.6 Å². The number of methoxy groups -OCH3 is 3. The average molecular weight is 683 g/mol. The van der Waals surface area contributed by atoms with Crippen LogP contribution in [0.3, 0.4) is 0 Å². The average Bonchev–Trinajstić information content (AvgIpc) is 3.36. The third-order valence-corrected chi connectivity index (χ3v) is 7.68. The van der Waals surface area contributed by atoms with Crippen molar-refractivity contribution in [2.45, 2.75) is 54.8 Å². The number of hydrogen-bond donors (Lipinski definition) is 7. The summed E-state index contributed by atoms with van der Waals surface area (Å²) < 4.78 is 43.3. The van der Waals surface area contributed by atoms with Crippen molar-refractivity contribution in [1.82, 2.24) is 0 Å². The highest BCUT2D eigenvalue weighted by molar-refractivity contribution is 5.89. The van der Waals surface area contributed by atoms with Crippen LogP contribution in [-0.4, -0.2) is 144 Å². The molecular formula is C31H38O17. The predicted octanol–water partition coefficient (Wildman–Crippen LogP) is -1.54. The smallest absolute Gasteiger partial charge is 0.338 e. The summed E-state index contributed by atoms with van der Waals surface area (Å²) in [6, 6.07) is 8.16. The van der Waals surface area contributed by atoms with E-state index < -0.39 is 86.6 Å². The number of benzene rings is 2. The molecule has 2 saturated heterocycles. The number of hydrogen-bond acceptors (Lipinski definition) is 17. The van der Waals surface area contributed by atoms with E-state index in [1.54, 1.807) is 12.1 Å². The molecule has 0 radical (unpaired) electrons. The number of esters is 2. The van der Waals surface area contributed by atoms with Gasteiger partial charge in [0, 0.05) is 6.08 Å². The fraction of sp³-hybridized carbons (Fsp3) is 0.484. The van der Waals surface area contributed by atoms with Gasteiger partial charge in [-0.25, -0.2) is 9.59 Å². The van der Waals surface area contributed by atoms with Gasteiger partial charge in [0.05, 0.1) is 33.5 Å². The maximum Gasteiger partial charge on any atom is 0.338 e. The highest BCUT2D eigenvalue weighted by Crippen LogP contribution is 2.40. The van der Waals surface area contributed by atoms with Crippen LogP contribution in [-0.2, 0) is 28.5 Å². The largest absolute Gasteiger partial charge is 0.508 e. The third-order valence-electron chi connectivity index (χ3n) is 7.68. The summed E-state index contributed by atoms with van der Waals surface area (Å²) in [6.07, 6.45) is -11.9. The van der Waals surface area contributed by atoms with Gasteiger partial charge in [-0.3, -0.25) is 0 Å². The lowest BCUT2D eigenvalue weighted by atomic mass is 9.98. The topological polar surface area (TPSA) is 250 Å². The molecule has 0 amide bonds. The van der Waals surface area contributed by atoms with Crippen molar-refractivity contribution in [2.24, 2.45) is 0 Å². The molecule has 0 aliphatic carbocycles. The van der Waals surface area contributed by atoms with E-state index in [0.717, 1.165) is 6.08 Å². The molecule has 2 fully saturated rings. The maximum absolute atomic E-state index is 13.0. The lowest BCUT2D eigenvalue weighted by molar-refractivity contribution is -0.383. The van der Waals surface area contributed by atoms with E-state index in [1.807, 2.05) is 0 Å². The van der Waals surface area contributed by atoms with E-state index >= 15 is 0 Å². The molecule has 0 spiro atoms. The minimum atomic E-state index is -2.47. The van der Waals surface area contributed by atoms with Gasteiger partial charge < -0.3 is 73.6 Å². The van der Waals surface area contributed by atoms with Crippen LogP contribution in [0.25, 0.3) is 6.08 Å². The molecule has 2 aromatic rings. The van der Waals surface area contributed by atoms with Crippen molar-refractivity contribution in [3.63, 3.8) is 0 Å². The summed E-state index contributed by atoms with van der Waals surface area (Å²) in [7, 11) is 4.24. The zero-order valence-electron chi connectivity index (χ0n) is 26.1. The highest BCUT2D eigenvalue weighted by atomic mass is 16.8. The molecule has 2 aliphatic rings. The summed E-state index contributed by atoms with van der Waals surface area (Å²) in [5.74, 6) is -3.57. The Morgan fingerprint density at radius 2 is 1.52 bits per heavy atom. The van der Waals surface area contributed by atoms with Crippen molar-refractivity contribution < 1.29 is 83.2 Å². The van der Waals surface area contributed by atoms with E-state index in [4.69, 9.17) is 37.9 Å². The number of rotatable bonds is 13. The van der Waals surface area contributed by atoms with Gasteiger partial charge in [-0.1, -0.05) is 0 Å². The maximum atomic E-state index is 13.0. The second kappa shape index (κ2) is 15.9. The Hall–Kier alpha value is -4.04. The van der Waals surface area contributed by atoms with E-state index in [1.165, 1.54) is 51.7 Å². The summed E-state index contributed by atoms with van der Waals surface area (Å²) in [5.41, 5.74) is 0.476. The Labute approximate surface area is 274 Å². The third kappa shape index (κ3) is 7.81. The minimum absolute atomic E-state index is 0.0538. The molecule has 2 aromatic carbocycles. The lowest BCUT2D eigenvalue weighted by Gasteiger charge is -2.43. The molecular weight excluding hydrogens is 644 g/mol. The molecule has 17 nitrogen and oxygen atoms in total. The van der Waals surface area contributed by atoms with E-state index in [9.17, 15) is 45.3 Å². The second-order valence-electron chi connectivity index (χ2n) is 10.7. The van der Waals surface area contributed by atoms with E-state index in [2.05, 4.69) is 0 Å². The molecule has 2 heterocycles. The first kappa shape index (κ1) is 36.8. The summed E-state index contributed by atoms with van der Waals surface area (Å²) >= 11 is 0. The molecule has 48 heavy (non-hydrogen) atoms. The van der Waals surface area contributed by atoms with Crippen LogP contribution in [0.1, 0.15) is 15.9 Å². The molecule has 264 valence electrons. The van der Waals surface area contributed by atoms with Gasteiger partial charge in [-0.2, -0.15) is 0 Å². The second-order valence-corrected chi connectivity index (χ2v) is 10.7. The zero-order valence-corrected chi connectivity index (χ0v) is 26.1. The first-order valence-electron chi connectivity index (χ1n) is 14.5. The molecule has 0 saturated carbocycles. The predicted molar refractivity (Wildman–Crippen MR) is 159 cm³/mol. The van der Waals surface area contributed by atoms with E-state index in [0.29, 0.717) is 22.8 Å². The first-order valence-corrected chi connectivity index (χ1v) is 14.5. The summed E-state index contributed by atoms with van der Waals surface area (Å²) in [6.45, 7) is -2.59. The molecule has 17 heteroatoms. The van der Waals surface area contributed by atoms with Crippen molar-refractivity contribution in [1.29, 1.82) is 0 Å². The van der Waals surface area contributed by atoms with Crippen molar-refractivity contribution in [2.75, 3.05) is 41.2 Å². The SMILES string of the molecule is COc1cc(/C=C/C(=O)O[C@@H]2[C@@H](O)[C@H](CO)O[C@]2(CO)O[C@@H]2O[C@@H](COC(=O)c3ccc(O)cc3)[C@H](O)[C@@H](O)[C@@H]2O)cc(OC)c1OC. The first-order chi connectivity index (χ1) is 22.9. The van der Waals surface area contributed by atoms with Crippen LogP contribution in [0.2, 0.25) is 0 Å². The van der Waals surface area contributed by atoms with Crippen molar-refractivity contribution in [3.05, 3.63) is 53.6 Å². The number of ether oxygens (including phenoxy) is 8. The minimum Gasteiger partial charge on any atom is -0.508 e. The van der Waals surface area contributed by atoms with E-state index in [-0.39, 0.29) is 11.3 Å². The molecule has 0 bridgehead atoms. The molecule has 9 atom stereocenters. The fourth-order valence-electron chi connectivity index (χ4n) is 5.13. The zero-order chi connectivity index (χ0) is 35.2. The van der Waals surface area contributed by atoms with Crippen LogP contribution < -0.4 is 14.2 Å². The van der Waals surface area contributed by atoms with Gasteiger partial charge in [-0.15, -0.1) is 0 Å². The molecule has 2 aliphatic heterocycles. The van der Waals surface area contributed by atoms with Crippen LogP contribution in [0, 0.1) is 0 Å². The Morgan fingerprint density at radius 1 is 0.875 bits per heavy atom. The van der Waals surface area contributed by atoms with Gasteiger partial charge in [0.25, 0.3) is 0 Å². The number of aliphatic hydroxyl groups excluding tert-OH is 6. The Bertz CT molecular complexity index is 1410. The number of phenols is 1. The Morgan fingerprint density at radius 3 is 2.08 bits per heavy atom. The molecule has 4 rings (SSSR count). The Kier molecular flexibility index (Phi) is 12.2. The van der Waals surface area contributed by atoms with Gasteiger partial charge in [-0.05, 0) is 48.0 Å². The Balaban J connectivity index is 1.51.